The molecule has 2 atom stereocenters. The number of aromatic nitrogens is 1. The quantitative estimate of drug-likeness (QED) is 0.913. The summed E-state index contributed by atoms with van der Waals surface area (Å²) in [7, 11) is 0. The van der Waals surface area contributed by atoms with Crippen LogP contribution in [0.5, 0.6) is 5.75 Å². The summed E-state index contributed by atoms with van der Waals surface area (Å²) in [4.78, 5) is 4.21. The Morgan fingerprint density at radius 1 is 1.20 bits per heavy atom. The molecule has 0 aliphatic carbocycles. The summed E-state index contributed by atoms with van der Waals surface area (Å²) in [5.41, 5.74) is 6.69. The third kappa shape index (κ3) is 3.30. The smallest absolute Gasteiger partial charge is 0.162 e. The Kier molecular flexibility index (Phi) is 4.63. The van der Waals surface area contributed by atoms with Crippen molar-refractivity contribution in [2.45, 2.75) is 25.5 Å². The van der Waals surface area contributed by atoms with Gasteiger partial charge in [0, 0.05) is 18.3 Å². The van der Waals surface area contributed by atoms with Gasteiger partial charge < -0.3 is 10.5 Å². The van der Waals surface area contributed by atoms with Gasteiger partial charge in [0.25, 0.3) is 0 Å². The van der Waals surface area contributed by atoms with Gasteiger partial charge in [0.2, 0.25) is 0 Å². The zero-order valence-corrected chi connectivity index (χ0v) is 11.1. The summed E-state index contributed by atoms with van der Waals surface area (Å²) in [5, 5.41) is 0. The molecule has 2 rings (SSSR count). The van der Waals surface area contributed by atoms with E-state index < -0.39 is 17.7 Å². The lowest BCUT2D eigenvalue weighted by atomic mass is 10.1. The normalized spacial score (nSPS) is 13.8. The monoisotopic (exact) mass is 278 g/mol. The predicted molar refractivity (Wildman–Crippen MR) is 72.2 cm³/mol. The summed E-state index contributed by atoms with van der Waals surface area (Å²) in [5.74, 6) is -1.64. The molecular formula is C15H16F2N2O. The maximum Gasteiger partial charge on any atom is 0.162 e. The third-order valence-corrected chi connectivity index (χ3v) is 2.99. The molecule has 106 valence electrons. The fourth-order valence-electron chi connectivity index (χ4n) is 1.82. The summed E-state index contributed by atoms with van der Waals surface area (Å²) in [6.45, 7) is 1.93. The zero-order valence-electron chi connectivity index (χ0n) is 11.1. The molecule has 3 nitrogen and oxygen atoms in total. The predicted octanol–water partition coefficient (Wildman–Crippen LogP) is 3.22. The second kappa shape index (κ2) is 6.43. The van der Waals surface area contributed by atoms with E-state index in [1.807, 2.05) is 13.0 Å². The lowest BCUT2D eigenvalue weighted by molar-refractivity contribution is 0.165. The van der Waals surface area contributed by atoms with Crippen molar-refractivity contribution in [2.75, 3.05) is 0 Å². The molecule has 0 radical (unpaired) electrons. The van der Waals surface area contributed by atoms with Crippen LogP contribution < -0.4 is 10.5 Å². The van der Waals surface area contributed by atoms with Crippen molar-refractivity contribution in [2.24, 2.45) is 5.73 Å². The standard InChI is InChI=1S/C15H16F2N2O/c1-2-13(18)15(14-5-3-4-8-19-14)20-10-6-7-11(16)12(17)9-10/h3-9,13,15H,2,18H2,1H3. The minimum Gasteiger partial charge on any atom is -0.482 e. The number of nitrogens with zero attached hydrogens (tertiary/aromatic N) is 1. The van der Waals surface area contributed by atoms with Crippen LogP contribution in [-0.4, -0.2) is 11.0 Å². The van der Waals surface area contributed by atoms with E-state index in [1.165, 1.54) is 6.07 Å². The van der Waals surface area contributed by atoms with Gasteiger partial charge in [-0.25, -0.2) is 8.78 Å². The van der Waals surface area contributed by atoms with Crippen LogP contribution in [-0.2, 0) is 0 Å². The van der Waals surface area contributed by atoms with Crippen molar-refractivity contribution >= 4 is 0 Å². The van der Waals surface area contributed by atoms with Crippen LogP contribution in [0.2, 0.25) is 0 Å². The third-order valence-electron chi connectivity index (χ3n) is 2.99. The topological polar surface area (TPSA) is 48.1 Å². The Morgan fingerprint density at radius 3 is 2.60 bits per heavy atom. The number of hydrogen-bond acceptors (Lipinski definition) is 3. The fourth-order valence-corrected chi connectivity index (χ4v) is 1.82. The van der Waals surface area contributed by atoms with Crippen LogP contribution in [0.1, 0.15) is 25.1 Å². The highest BCUT2D eigenvalue weighted by Gasteiger charge is 2.22. The van der Waals surface area contributed by atoms with Crippen molar-refractivity contribution in [1.82, 2.24) is 4.98 Å². The molecule has 0 bridgehead atoms. The summed E-state index contributed by atoms with van der Waals surface area (Å²) in [6.07, 6.45) is 1.80. The lowest BCUT2D eigenvalue weighted by Gasteiger charge is -2.23. The maximum atomic E-state index is 13.2. The Morgan fingerprint density at radius 2 is 2.00 bits per heavy atom. The molecule has 1 heterocycles. The van der Waals surface area contributed by atoms with E-state index in [0.29, 0.717) is 12.1 Å². The highest BCUT2D eigenvalue weighted by Crippen LogP contribution is 2.25. The Balaban J connectivity index is 2.26. The molecule has 5 heteroatoms. The fraction of sp³-hybridized carbons (Fsp3) is 0.267. The van der Waals surface area contributed by atoms with Crippen molar-refractivity contribution < 1.29 is 13.5 Å². The Labute approximate surface area is 116 Å². The highest BCUT2D eigenvalue weighted by atomic mass is 19.2. The second-order valence-electron chi connectivity index (χ2n) is 4.44. The average molecular weight is 278 g/mol. The number of hydrogen-bond donors (Lipinski definition) is 1. The van der Waals surface area contributed by atoms with Crippen LogP contribution in [0.25, 0.3) is 0 Å². The molecule has 2 N–H and O–H groups in total. The van der Waals surface area contributed by atoms with Crippen LogP contribution in [0.15, 0.2) is 42.6 Å². The summed E-state index contributed by atoms with van der Waals surface area (Å²) < 4.78 is 31.8. The van der Waals surface area contributed by atoms with Crippen LogP contribution in [0.4, 0.5) is 8.78 Å². The van der Waals surface area contributed by atoms with E-state index in [2.05, 4.69) is 4.98 Å². The van der Waals surface area contributed by atoms with Gasteiger partial charge in [-0.15, -0.1) is 0 Å². The number of benzene rings is 1. The molecule has 0 saturated carbocycles. The van der Waals surface area contributed by atoms with Gasteiger partial charge in [0.15, 0.2) is 17.7 Å². The lowest BCUT2D eigenvalue weighted by Crippen LogP contribution is -2.32. The van der Waals surface area contributed by atoms with Gasteiger partial charge in [-0.1, -0.05) is 13.0 Å². The minimum absolute atomic E-state index is 0.225. The number of ether oxygens (including phenoxy) is 1. The molecule has 0 aliphatic rings. The molecule has 0 aliphatic heterocycles. The van der Waals surface area contributed by atoms with Crippen molar-refractivity contribution in [1.29, 1.82) is 0 Å². The highest BCUT2D eigenvalue weighted by molar-refractivity contribution is 5.25. The summed E-state index contributed by atoms with van der Waals surface area (Å²) in [6, 6.07) is 8.52. The minimum atomic E-state index is -0.952. The molecule has 20 heavy (non-hydrogen) atoms. The van der Waals surface area contributed by atoms with E-state index in [-0.39, 0.29) is 11.8 Å². The largest absolute Gasteiger partial charge is 0.482 e. The molecule has 0 spiro atoms. The van der Waals surface area contributed by atoms with Gasteiger partial charge in [-0.05, 0) is 30.7 Å². The molecular weight excluding hydrogens is 262 g/mol. The van der Waals surface area contributed by atoms with Gasteiger partial charge in [0.05, 0.1) is 5.69 Å². The van der Waals surface area contributed by atoms with Crippen LogP contribution in [0.3, 0.4) is 0 Å². The SMILES string of the molecule is CCC(N)C(Oc1ccc(F)c(F)c1)c1ccccn1. The number of nitrogens with two attached hydrogens (primary N) is 1. The molecule has 2 aromatic rings. The van der Waals surface area contributed by atoms with E-state index in [1.54, 1.807) is 18.3 Å². The van der Waals surface area contributed by atoms with Crippen LogP contribution >= 0.6 is 0 Å². The van der Waals surface area contributed by atoms with Gasteiger partial charge >= 0.3 is 0 Å². The first-order chi connectivity index (χ1) is 9.61. The first-order valence-corrected chi connectivity index (χ1v) is 6.40. The number of pyridine rings is 1. The second-order valence-corrected chi connectivity index (χ2v) is 4.44. The van der Waals surface area contributed by atoms with E-state index in [4.69, 9.17) is 10.5 Å². The first kappa shape index (κ1) is 14.4. The van der Waals surface area contributed by atoms with E-state index >= 15 is 0 Å². The maximum absolute atomic E-state index is 13.2. The zero-order chi connectivity index (χ0) is 14.5. The van der Waals surface area contributed by atoms with Crippen LogP contribution in [0, 0.1) is 11.6 Å². The average Bonchev–Trinajstić information content (AvgIpc) is 2.48. The van der Waals surface area contributed by atoms with E-state index in [0.717, 1.165) is 12.1 Å². The summed E-state index contributed by atoms with van der Waals surface area (Å²) >= 11 is 0. The Bertz CT molecular complexity index is 563. The molecule has 0 saturated heterocycles. The molecule has 0 fully saturated rings. The van der Waals surface area contributed by atoms with Gasteiger partial charge in [-0.2, -0.15) is 0 Å². The number of halogens is 2. The first-order valence-electron chi connectivity index (χ1n) is 6.40. The van der Waals surface area contributed by atoms with Crippen molar-refractivity contribution in [3.05, 3.63) is 59.9 Å². The molecule has 1 aromatic carbocycles. The van der Waals surface area contributed by atoms with E-state index in [9.17, 15) is 8.78 Å². The van der Waals surface area contributed by atoms with Gasteiger partial charge in [0.1, 0.15) is 5.75 Å². The molecule has 0 amide bonds. The van der Waals surface area contributed by atoms with Crippen molar-refractivity contribution in [3.63, 3.8) is 0 Å². The van der Waals surface area contributed by atoms with Crippen molar-refractivity contribution in [3.8, 4) is 5.75 Å². The van der Waals surface area contributed by atoms with Gasteiger partial charge in [-0.3, -0.25) is 4.98 Å². The number of rotatable bonds is 5. The molecule has 1 aromatic heterocycles. The Hall–Kier alpha value is -2.01. The molecule has 2 unspecified atom stereocenters.